The summed E-state index contributed by atoms with van der Waals surface area (Å²) in [5.41, 5.74) is 12.5. The van der Waals surface area contributed by atoms with Crippen LogP contribution in [0.4, 0.5) is 4.39 Å². The molecule has 0 aromatic rings. The van der Waals surface area contributed by atoms with Crippen molar-refractivity contribution >= 4 is 11.8 Å². The van der Waals surface area contributed by atoms with Crippen LogP contribution in [0.5, 0.6) is 0 Å². The van der Waals surface area contributed by atoms with Gasteiger partial charge in [0.1, 0.15) is 6.17 Å². The maximum Gasteiger partial charge on any atom is 0.229 e. The van der Waals surface area contributed by atoms with E-state index in [4.69, 9.17) is 11.5 Å². The normalized spacial score (nSPS) is 34.4. The van der Waals surface area contributed by atoms with Gasteiger partial charge in [-0.3, -0.25) is 24.7 Å². The molecule has 5 atom stereocenters. The molecule has 4 aliphatic heterocycles. The number of likely N-dealkylation sites (tertiary alicyclic amines) is 2. The van der Waals surface area contributed by atoms with Crippen molar-refractivity contribution in [3.05, 3.63) is 0 Å². The van der Waals surface area contributed by atoms with Crippen molar-refractivity contribution in [2.45, 2.75) is 100 Å². The molecule has 0 spiro atoms. The van der Waals surface area contributed by atoms with Gasteiger partial charge in [0, 0.05) is 63.8 Å². The van der Waals surface area contributed by atoms with Gasteiger partial charge in [-0.25, -0.2) is 4.39 Å². The molecule has 5 aliphatic rings. The summed E-state index contributed by atoms with van der Waals surface area (Å²) in [6.07, 6.45) is 6.73. The van der Waals surface area contributed by atoms with Crippen LogP contribution in [0.1, 0.15) is 57.8 Å². The lowest BCUT2D eigenvalue weighted by molar-refractivity contribution is -0.133. The maximum atomic E-state index is 14.4. The third-order valence-corrected chi connectivity index (χ3v) is 9.46. The van der Waals surface area contributed by atoms with Crippen molar-refractivity contribution in [2.24, 2.45) is 17.4 Å². The minimum Gasteiger partial charge on any atom is -0.350 e. The molecule has 5 unspecified atom stereocenters. The van der Waals surface area contributed by atoms with Crippen molar-refractivity contribution in [3.63, 3.8) is 0 Å². The summed E-state index contributed by atoms with van der Waals surface area (Å²) in [7, 11) is 0. The van der Waals surface area contributed by atoms with Crippen molar-refractivity contribution < 1.29 is 14.0 Å². The lowest BCUT2D eigenvalue weighted by Gasteiger charge is -2.47. The monoisotopic (exact) mass is 522 g/mol. The van der Waals surface area contributed by atoms with E-state index in [1.807, 2.05) is 0 Å². The quantitative estimate of drug-likeness (QED) is 0.277. The number of amides is 2. The molecule has 2 amide bonds. The number of nitrogens with two attached hydrogens (primary N) is 2. The van der Waals surface area contributed by atoms with E-state index in [1.165, 1.54) is 0 Å². The van der Waals surface area contributed by atoms with Crippen LogP contribution in [0, 0.1) is 5.92 Å². The highest BCUT2D eigenvalue weighted by molar-refractivity contribution is 5.80. The fraction of sp³-hybridized carbons (Fsp3) is 0.923. The molecule has 0 bridgehead atoms. The second kappa shape index (κ2) is 12.2. The topological polar surface area (TPSA) is 132 Å². The standard InChI is InChI=1S/C26H47FN8O2/c27-17-14-31-25(35(16-17)18-4-1-2-5-18)23(24(28)29)26(37)32-20-15-30-10-7-21(20)33-12-8-19(9-13-33)34-11-3-6-22(34)36/h17-21,23-25,30-31H,1-16,28-29H2,(H,32,37). The first-order valence-corrected chi connectivity index (χ1v) is 14.6. The predicted octanol–water partition coefficient (Wildman–Crippen LogP) is -0.708. The smallest absolute Gasteiger partial charge is 0.229 e. The first-order valence-electron chi connectivity index (χ1n) is 14.6. The third kappa shape index (κ3) is 6.12. The number of carbonyl (C=O) groups excluding carboxylic acids is 2. The number of alkyl halides is 1. The summed E-state index contributed by atoms with van der Waals surface area (Å²) >= 11 is 0. The molecule has 1 saturated carbocycles. The molecule has 1 aliphatic carbocycles. The number of halogens is 1. The molecule has 0 aromatic carbocycles. The second-order valence-corrected chi connectivity index (χ2v) is 11.8. The zero-order valence-electron chi connectivity index (χ0n) is 22.1. The summed E-state index contributed by atoms with van der Waals surface area (Å²) in [5.74, 6) is -0.511. The molecule has 5 fully saturated rings. The van der Waals surface area contributed by atoms with Gasteiger partial charge in [-0.05, 0) is 45.1 Å². The molecule has 11 heteroatoms. The van der Waals surface area contributed by atoms with Gasteiger partial charge in [0.15, 0.2) is 0 Å². The van der Waals surface area contributed by atoms with Gasteiger partial charge in [-0.1, -0.05) is 12.8 Å². The van der Waals surface area contributed by atoms with E-state index in [1.54, 1.807) is 0 Å². The molecule has 10 nitrogen and oxygen atoms in total. The van der Waals surface area contributed by atoms with Crippen LogP contribution in [0.25, 0.3) is 0 Å². The maximum absolute atomic E-state index is 14.4. The lowest BCUT2D eigenvalue weighted by Crippen LogP contribution is -2.69. The Morgan fingerprint density at radius 1 is 1.00 bits per heavy atom. The van der Waals surface area contributed by atoms with Crippen LogP contribution < -0.4 is 27.4 Å². The molecule has 4 heterocycles. The van der Waals surface area contributed by atoms with E-state index in [0.29, 0.717) is 31.5 Å². The molecule has 5 rings (SSSR count). The largest absolute Gasteiger partial charge is 0.350 e. The highest BCUT2D eigenvalue weighted by atomic mass is 19.1. The summed E-state index contributed by atoms with van der Waals surface area (Å²) in [5, 5.41) is 10.0. The molecular formula is C26H47FN8O2. The summed E-state index contributed by atoms with van der Waals surface area (Å²) < 4.78 is 14.4. The van der Waals surface area contributed by atoms with Crippen molar-refractivity contribution in [3.8, 4) is 0 Å². The van der Waals surface area contributed by atoms with Crippen LogP contribution >= 0.6 is 0 Å². The number of rotatable bonds is 7. The minimum atomic E-state index is -0.958. The summed E-state index contributed by atoms with van der Waals surface area (Å²) in [6, 6.07) is 0.789. The van der Waals surface area contributed by atoms with Crippen LogP contribution in [-0.2, 0) is 9.59 Å². The Labute approximate surface area is 220 Å². The van der Waals surface area contributed by atoms with Gasteiger partial charge >= 0.3 is 0 Å². The number of hydrogen-bond acceptors (Lipinski definition) is 8. The van der Waals surface area contributed by atoms with Gasteiger partial charge in [-0.15, -0.1) is 0 Å². The Bertz CT molecular complexity index is 789. The first-order chi connectivity index (χ1) is 17.9. The number of carbonyl (C=O) groups is 2. The Morgan fingerprint density at radius 2 is 1.76 bits per heavy atom. The number of piperidine rings is 2. The molecule has 37 heavy (non-hydrogen) atoms. The third-order valence-electron chi connectivity index (χ3n) is 9.46. The van der Waals surface area contributed by atoms with Crippen LogP contribution in [0.15, 0.2) is 0 Å². The number of nitrogens with zero attached hydrogens (tertiary/aromatic N) is 3. The van der Waals surface area contributed by atoms with Gasteiger partial charge in [0.2, 0.25) is 11.8 Å². The molecule has 4 saturated heterocycles. The van der Waals surface area contributed by atoms with E-state index >= 15 is 0 Å². The van der Waals surface area contributed by atoms with Crippen molar-refractivity contribution in [2.75, 3.05) is 45.8 Å². The van der Waals surface area contributed by atoms with Gasteiger partial charge in [-0.2, -0.15) is 0 Å². The van der Waals surface area contributed by atoms with Gasteiger partial charge < -0.3 is 27.0 Å². The molecule has 7 N–H and O–H groups in total. The van der Waals surface area contributed by atoms with E-state index < -0.39 is 18.3 Å². The minimum absolute atomic E-state index is 0.0510. The van der Waals surface area contributed by atoms with E-state index in [9.17, 15) is 14.0 Å². The Kier molecular flexibility index (Phi) is 8.98. The molecule has 0 aromatic heterocycles. The Morgan fingerprint density at radius 3 is 2.43 bits per heavy atom. The predicted molar refractivity (Wildman–Crippen MR) is 140 cm³/mol. The van der Waals surface area contributed by atoms with Crippen LogP contribution in [0.2, 0.25) is 0 Å². The van der Waals surface area contributed by atoms with E-state index in [0.717, 1.165) is 77.5 Å². The summed E-state index contributed by atoms with van der Waals surface area (Å²) in [4.78, 5) is 32.7. The average Bonchev–Trinajstić information content (AvgIpc) is 3.57. The highest BCUT2D eigenvalue weighted by Crippen LogP contribution is 2.30. The van der Waals surface area contributed by atoms with Gasteiger partial charge in [0.25, 0.3) is 0 Å². The SMILES string of the molecule is NC(N)C(C(=O)NC1CNCCC1N1CCC(N2CCCC2=O)CC1)C1NCC(F)CN1C1CCCC1. The highest BCUT2D eigenvalue weighted by Gasteiger charge is 2.44. The zero-order valence-corrected chi connectivity index (χ0v) is 22.1. The van der Waals surface area contributed by atoms with Crippen LogP contribution in [0.3, 0.4) is 0 Å². The number of nitrogens with one attached hydrogen (secondary N) is 3. The fourth-order valence-corrected chi connectivity index (χ4v) is 7.54. The fourth-order valence-electron chi connectivity index (χ4n) is 7.54. The van der Waals surface area contributed by atoms with E-state index in [2.05, 4.69) is 30.7 Å². The molecule has 0 radical (unpaired) electrons. The van der Waals surface area contributed by atoms with Gasteiger partial charge in [0.05, 0.1) is 24.3 Å². The molecule has 210 valence electrons. The Hall–Kier alpha value is -1.37. The second-order valence-electron chi connectivity index (χ2n) is 11.8. The van der Waals surface area contributed by atoms with E-state index in [-0.39, 0.29) is 36.7 Å². The molecular weight excluding hydrogens is 475 g/mol. The number of hydrogen-bond donors (Lipinski definition) is 5. The average molecular weight is 523 g/mol. The Balaban J connectivity index is 1.23. The summed E-state index contributed by atoms with van der Waals surface area (Å²) in [6.45, 7) is 4.91. The van der Waals surface area contributed by atoms with Crippen molar-refractivity contribution in [1.29, 1.82) is 0 Å². The first kappa shape index (κ1) is 27.2. The zero-order chi connectivity index (χ0) is 25.9. The van der Waals surface area contributed by atoms with Crippen LogP contribution in [-0.4, -0.2) is 115 Å². The lowest BCUT2D eigenvalue weighted by atomic mass is 9.92. The van der Waals surface area contributed by atoms with Crippen molar-refractivity contribution in [1.82, 2.24) is 30.7 Å².